The van der Waals surface area contributed by atoms with Gasteiger partial charge in [-0.1, -0.05) is 187 Å². The maximum Gasteiger partial charge on any atom is 1.00 e. The number of esters is 1. The van der Waals surface area contributed by atoms with Gasteiger partial charge < -0.3 is 72.3 Å². The van der Waals surface area contributed by atoms with Crippen LogP contribution < -0.4 is 149 Å². The SMILES string of the molecule is BrCC1CCCCC1.C=CCNC(=O)C(F)(F)F.CCOC(C)=O.NC/C=C/c1cc(CO)cc(OCC2CCCCC2)c1.O=C(NC/C=C/c1cc(CO)cc(OCC2CCCCC2)c1)C(F)(F)F.O=CO[O-].O=Cc1cc(/C=C/CNC(=O)C(F)(F)F)cc(OCC2CCCCC2)c1.O=Cc1cc(Br)cc(OCC2CCCCC2)c1.O=Cc1cc(O)cc(Br)c1.[H-].[K+].[K+]. The molecular weight excluding hydrogens is 1950 g/mol. The first-order chi connectivity index (χ1) is 60.7. The second kappa shape index (κ2) is 73.7. The van der Waals surface area contributed by atoms with Gasteiger partial charge >= 0.3 is 145 Å². The number of rotatable bonds is 30. The number of ether oxygens (including phenoxy) is 5. The predicted molar refractivity (Wildman–Crippen MR) is 480 cm³/mol. The summed E-state index contributed by atoms with van der Waals surface area (Å²) in [6.07, 6.45) is 31.1. The molecule has 0 aromatic heterocycles. The number of nitrogens with two attached hydrogens (primary N) is 1. The van der Waals surface area contributed by atoms with Crippen molar-refractivity contribution in [3.8, 4) is 28.7 Å². The van der Waals surface area contributed by atoms with Crippen LogP contribution in [-0.4, -0.2) is 147 Å². The van der Waals surface area contributed by atoms with Gasteiger partial charge in [0.15, 0.2) is 0 Å². The number of aromatic hydroxyl groups is 1. The molecule has 5 aromatic carbocycles. The van der Waals surface area contributed by atoms with Gasteiger partial charge in [-0.25, -0.2) is 0 Å². The van der Waals surface area contributed by atoms with Crippen LogP contribution in [0.25, 0.3) is 18.2 Å². The molecule has 0 saturated heterocycles. The van der Waals surface area contributed by atoms with Crippen LogP contribution in [0.1, 0.15) is 235 Å². The van der Waals surface area contributed by atoms with Gasteiger partial charge in [0.2, 0.25) is 0 Å². The Kier molecular flexibility index (Phi) is 70.5. The topological polar surface area (TPSA) is 338 Å². The zero-order valence-corrected chi connectivity index (χ0v) is 84.9. The Hall–Kier alpha value is -5.66. The van der Waals surface area contributed by atoms with Gasteiger partial charge in [0.05, 0.1) is 46.2 Å². The molecule has 0 bridgehead atoms. The van der Waals surface area contributed by atoms with Crippen molar-refractivity contribution >= 4 is 115 Å². The largest absolute Gasteiger partial charge is 1.00 e. The van der Waals surface area contributed by atoms with E-state index >= 15 is 0 Å². The number of phenolic OH excluding ortho intramolecular Hbond substituents is 1. The molecule has 0 heterocycles. The maximum atomic E-state index is 12.1. The summed E-state index contributed by atoms with van der Waals surface area (Å²) >= 11 is 10.0. The molecule has 708 valence electrons. The van der Waals surface area contributed by atoms with Crippen LogP contribution in [0.5, 0.6) is 28.7 Å². The Morgan fingerprint density at radius 1 is 0.457 bits per heavy atom. The zero-order chi connectivity index (χ0) is 94.3. The molecule has 5 aliphatic carbocycles. The van der Waals surface area contributed by atoms with Crippen LogP contribution in [0.4, 0.5) is 39.5 Å². The van der Waals surface area contributed by atoms with Gasteiger partial charge in [-0.05, 0) is 220 Å². The minimum Gasteiger partial charge on any atom is -1.00 e. The minimum atomic E-state index is -4.90. The summed E-state index contributed by atoms with van der Waals surface area (Å²) in [5.41, 5.74) is 10.9. The van der Waals surface area contributed by atoms with E-state index in [-0.39, 0.29) is 155 Å². The van der Waals surface area contributed by atoms with Crippen molar-refractivity contribution in [2.24, 2.45) is 35.3 Å². The van der Waals surface area contributed by atoms with Gasteiger partial charge in [0.25, 0.3) is 6.47 Å². The van der Waals surface area contributed by atoms with Gasteiger partial charge in [-0.15, -0.1) is 6.58 Å². The third-order valence-corrected chi connectivity index (χ3v) is 21.5. The number of nitrogens with one attached hydrogen (secondary N) is 3. The average molecular weight is 2070 g/mol. The molecule has 0 spiro atoms. The minimum absolute atomic E-state index is 0. The average Bonchev–Trinajstić information content (AvgIpc) is 0.872. The van der Waals surface area contributed by atoms with E-state index in [0.717, 1.165) is 78.2 Å². The first-order valence-electron chi connectivity index (χ1n) is 42.3. The Balaban J connectivity index is 0. The van der Waals surface area contributed by atoms with E-state index in [4.69, 9.17) is 39.8 Å². The summed E-state index contributed by atoms with van der Waals surface area (Å²) in [6, 6.07) is 26.1. The quantitative estimate of drug-likeness (QED) is 0.00328. The second-order valence-electron chi connectivity index (χ2n) is 30.2. The molecule has 0 aliphatic heterocycles. The molecule has 5 fully saturated rings. The summed E-state index contributed by atoms with van der Waals surface area (Å²) in [7, 11) is 0. The third-order valence-electron chi connectivity index (χ3n) is 19.7. The molecular formula is C93H122Br3F9K2N4O18. The number of carbonyl (C=O) groups is 8. The predicted octanol–water partition coefficient (Wildman–Crippen LogP) is 14.2. The van der Waals surface area contributed by atoms with E-state index in [1.165, 1.54) is 184 Å². The fraction of sp³-hybridized carbons (Fsp3) is 0.505. The number of amides is 3. The summed E-state index contributed by atoms with van der Waals surface area (Å²) in [6.45, 7) is 9.10. The number of halogens is 12. The number of phenols is 1. The van der Waals surface area contributed by atoms with Gasteiger partial charge in [0.1, 0.15) is 47.6 Å². The van der Waals surface area contributed by atoms with Crippen molar-refractivity contribution < 1.29 is 231 Å². The van der Waals surface area contributed by atoms with Gasteiger partial charge in [-0.2, -0.15) is 39.5 Å². The first-order valence-corrected chi connectivity index (χ1v) is 45.0. The zero-order valence-electron chi connectivity index (χ0n) is 74.8. The third kappa shape index (κ3) is 61.1. The maximum absolute atomic E-state index is 12.1. The molecule has 36 heteroatoms. The normalized spacial score (nSPS) is 14.7. The number of hydrogen-bond donors (Lipinski definition) is 7. The van der Waals surface area contributed by atoms with Crippen molar-refractivity contribution in [1.82, 2.24) is 16.0 Å². The van der Waals surface area contributed by atoms with Crippen molar-refractivity contribution in [2.45, 2.75) is 206 Å². The summed E-state index contributed by atoms with van der Waals surface area (Å²) < 4.78 is 136. The molecule has 5 aliphatic rings. The molecule has 0 unspecified atom stereocenters. The van der Waals surface area contributed by atoms with Crippen molar-refractivity contribution in [3.05, 3.63) is 175 Å². The molecule has 3 amide bonds. The van der Waals surface area contributed by atoms with Gasteiger partial charge in [-0.3, -0.25) is 38.4 Å². The Labute approximate surface area is 862 Å². The molecule has 0 atom stereocenters. The first kappa shape index (κ1) is 123. The van der Waals surface area contributed by atoms with E-state index in [1.54, 1.807) is 83.5 Å². The fourth-order valence-electron chi connectivity index (χ4n) is 13.4. The van der Waals surface area contributed by atoms with Crippen LogP contribution in [0.3, 0.4) is 0 Å². The molecule has 8 N–H and O–H groups in total. The summed E-state index contributed by atoms with van der Waals surface area (Å²) in [5, 5.41) is 42.4. The van der Waals surface area contributed by atoms with Crippen molar-refractivity contribution in [2.75, 3.05) is 64.5 Å². The standard InChI is InChI=1S/C19H24F3NO3.C19H22F3NO3.C17H25NO2.C14H17BrO2.C7H5BrO2.C7H13Br.C5H6F3NO.C4H8O2.CH2O3.2K.H/c2*20-19(21,22)18(25)23-8-4-7-15-9-16(12-24)11-17(10-15)26-13-14-5-2-1-3-6-14;18-8-4-7-15-9-16(12-19)11-17(10-15)20-13-14-5-2-1-3-6-14;15-13-6-12(9-16)7-14(8-13)17-10-11-4-2-1-3-5-11;8-6-1-5(4-9)2-7(10)3-6;8-6-7-4-2-1-3-5-7;1-2-3-9-4(10)5(6,7)8;1-3-6-4(2)5;2-1-4-3;;;/h4,7,9-11,14,24H,1-3,5-6,8,12-13H2,(H,23,25);4,7,9-12,14H,1-3,5-6,8,13H2,(H,23,25);4,7,9-11,14,19H,1-3,5-6,8,12-13,18H2;6-9,11H,1-5,10H2;1-4,10H;7H,1-6H2;2H,1,3H2,(H,9,10);3H2,1-2H3;1,3H;;;/q;;;;;;;;;2*+1;-1/p-1/b3*7-4+;;;;;;;;;. The van der Waals surface area contributed by atoms with Crippen LogP contribution in [0.15, 0.2) is 131 Å². The molecule has 10 rings (SSSR count). The van der Waals surface area contributed by atoms with Crippen LogP contribution in [0.2, 0.25) is 0 Å². The van der Waals surface area contributed by atoms with Crippen LogP contribution in [-0.2, 0) is 46.8 Å². The van der Waals surface area contributed by atoms with E-state index in [1.807, 2.05) is 36.4 Å². The molecule has 5 aromatic rings. The second-order valence-corrected chi connectivity index (χ2v) is 32.7. The number of carbonyl (C=O) groups excluding carboxylic acids is 8. The van der Waals surface area contributed by atoms with Crippen LogP contribution in [0, 0.1) is 29.6 Å². The van der Waals surface area contributed by atoms with E-state index in [0.29, 0.717) is 112 Å². The van der Waals surface area contributed by atoms with E-state index in [2.05, 4.69) is 64.0 Å². The summed E-state index contributed by atoms with van der Waals surface area (Å²) in [5.74, 6) is 0.226. The van der Waals surface area contributed by atoms with Gasteiger partial charge in [0, 0.05) is 64.1 Å². The van der Waals surface area contributed by atoms with Crippen molar-refractivity contribution in [1.29, 1.82) is 0 Å². The molecule has 22 nitrogen and oxygen atoms in total. The van der Waals surface area contributed by atoms with E-state index < -0.39 is 36.3 Å². The number of alkyl halides is 10. The molecule has 5 saturated carbocycles. The molecule has 0 radical (unpaired) electrons. The Bertz CT molecular complexity index is 4090. The number of aliphatic hydroxyl groups is 2. The smallest absolute Gasteiger partial charge is 1.00 e. The Morgan fingerprint density at radius 2 is 0.752 bits per heavy atom. The number of benzene rings is 5. The molecule has 129 heavy (non-hydrogen) atoms. The fourth-order valence-corrected chi connectivity index (χ4v) is 15.0. The number of hydrogen-bond acceptors (Lipinski definition) is 19. The monoisotopic (exact) mass is 2070 g/mol. The van der Waals surface area contributed by atoms with E-state index in [9.17, 15) is 83.3 Å². The Morgan fingerprint density at radius 3 is 1.03 bits per heavy atom. The van der Waals surface area contributed by atoms with Crippen molar-refractivity contribution in [3.63, 3.8) is 0 Å². The summed E-state index contributed by atoms with van der Waals surface area (Å²) in [4.78, 5) is 84.5. The number of aliphatic hydroxyl groups excluding tert-OH is 2. The number of aldehydes is 3. The van der Waals surface area contributed by atoms with Crippen LogP contribution >= 0.6 is 47.8 Å².